The molecule has 1 aliphatic rings. The number of hydrogen-bond donors (Lipinski definition) is 2. The Bertz CT molecular complexity index is 502. The van der Waals surface area contributed by atoms with Crippen LogP contribution in [0.3, 0.4) is 0 Å². The molecule has 0 unspecified atom stereocenters. The van der Waals surface area contributed by atoms with Gasteiger partial charge in [-0.3, -0.25) is 0 Å². The minimum absolute atomic E-state index is 0.117. The van der Waals surface area contributed by atoms with E-state index in [-0.39, 0.29) is 12.1 Å². The van der Waals surface area contributed by atoms with Crippen LogP contribution in [-0.4, -0.2) is 35.5 Å². The summed E-state index contributed by atoms with van der Waals surface area (Å²) in [7, 11) is 0. The normalized spacial score (nSPS) is 18.9. The van der Waals surface area contributed by atoms with Crippen LogP contribution in [0.5, 0.6) is 0 Å². The molecule has 0 saturated carbocycles. The molecule has 2 N–H and O–H groups in total. The van der Waals surface area contributed by atoms with E-state index in [2.05, 4.69) is 16.4 Å². The van der Waals surface area contributed by atoms with E-state index in [0.29, 0.717) is 13.2 Å². The van der Waals surface area contributed by atoms with E-state index in [1.165, 1.54) is 4.70 Å². The Labute approximate surface area is 110 Å². The number of nitrogens with one attached hydrogen (secondary N) is 1. The maximum atomic E-state index is 9.64. The summed E-state index contributed by atoms with van der Waals surface area (Å²) in [6, 6.07) is 8.07. The maximum Gasteiger partial charge on any atom is 0.184 e. The molecule has 96 valence electrons. The average molecular weight is 264 g/mol. The van der Waals surface area contributed by atoms with Gasteiger partial charge in [-0.1, -0.05) is 23.5 Å². The zero-order chi connectivity index (χ0) is 12.4. The number of aliphatic hydroxyl groups excluding tert-OH is 1. The van der Waals surface area contributed by atoms with Crippen molar-refractivity contribution in [3.63, 3.8) is 0 Å². The Hall–Kier alpha value is -1.17. The highest BCUT2D eigenvalue weighted by Crippen LogP contribution is 2.31. The molecule has 0 aliphatic carbocycles. The number of hydrogen-bond acceptors (Lipinski definition) is 5. The van der Waals surface area contributed by atoms with E-state index in [0.717, 1.165) is 23.5 Å². The van der Waals surface area contributed by atoms with Crippen LogP contribution >= 0.6 is 11.3 Å². The van der Waals surface area contributed by atoms with Gasteiger partial charge in [0.15, 0.2) is 5.13 Å². The SMILES string of the molecule is OCC1(Nc2nc3ccccc3s2)CCOCC1. The molecule has 3 rings (SSSR count). The lowest BCUT2D eigenvalue weighted by atomic mass is 9.91. The fraction of sp³-hybridized carbons (Fsp3) is 0.462. The van der Waals surface area contributed by atoms with Crippen molar-refractivity contribution in [2.75, 3.05) is 25.1 Å². The summed E-state index contributed by atoms with van der Waals surface area (Å²) in [4.78, 5) is 4.56. The van der Waals surface area contributed by atoms with Crippen LogP contribution in [0.1, 0.15) is 12.8 Å². The molecule has 0 spiro atoms. The van der Waals surface area contributed by atoms with Crippen molar-refractivity contribution in [2.45, 2.75) is 18.4 Å². The largest absolute Gasteiger partial charge is 0.394 e. The van der Waals surface area contributed by atoms with Gasteiger partial charge >= 0.3 is 0 Å². The predicted molar refractivity (Wildman–Crippen MR) is 73.1 cm³/mol. The predicted octanol–water partition coefficient (Wildman–Crippen LogP) is 2.25. The first kappa shape index (κ1) is 11.9. The molecule has 1 aliphatic heterocycles. The third-order valence-corrected chi connectivity index (χ3v) is 4.37. The van der Waals surface area contributed by atoms with Crippen LogP contribution in [0, 0.1) is 0 Å². The van der Waals surface area contributed by atoms with E-state index in [9.17, 15) is 5.11 Å². The summed E-state index contributed by atoms with van der Waals surface area (Å²) < 4.78 is 6.52. The molecule has 2 heterocycles. The summed E-state index contributed by atoms with van der Waals surface area (Å²) in [5.74, 6) is 0. The summed E-state index contributed by atoms with van der Waals surface area (Å²) >= 11 is 1.63. The van der Waals surface area contributed by atoms with E-state index in [1.807, 2.05) is 18.2 Å². The number of aromatic nitrogens is 1. The molecule has 1 aromatic heterocycles. The lowest BCUT2D eigenvalue weighted by Crippen LogP contribution is -2.46. The molecule has 5 heteroatoms. The monoisotopic (exact) mass is 264 g/mol. The fourth-order valence-electron chi connectivity index (χ4n) is 2.24. The molecule has 0 radical (unpaired) electrons. The molecule has 1 fully saturated rings. The van der Waals surface area contributed by atoms with Gasteiger partial charge in [-0.2, -0.15) is 0 Å². The highest BCUT2D eigenvalue weighted by molar-refractivity contribution is 7.22. The highest BCUT2D eigenvalue weighted by Gasteiger charge is 2.32. The molecule has 0 atom stereocenters. The minimum atomic E-state index is -0.272. The number of nitrogens with zero attached hydrogens (tertiary/aromatic N) is 1. The van der Waals surface area contributed by atoms with Crippen LogP contribution in [-0.2, 0) is 4.74 Å². The Kier molecular flexibility index (Phi) is 3.20. The summed E-state index contributed by atoms with van der Waals surface area (Å²) in [6.07, 6.45) is 1.64. The van der Waals surface area contributed by atoms with E-state index in [4.69, 9.17) is 4.74 Å². The van der Waals surface area contributed by atoms with Crippen molar-refractivity contribution in [3.05, 3.63) is 24.3 Å². The van der Waals surface area contributed by atoms with Crippen molar-refractivity contribution >= 4 is 26.7 Å². The van der Waals surface area contributed by atoms with E-state index in [1.54, 1.807) is 11.3 Å². The van der Waals surface area contributed by atoms with Crippen molar-refractivity contribution in [1.82, 2.24) is 4.98 Å². The van der Waals surface area contributed by atoms with Gasteiger partial charge in [0.2, 0.25) is 0 Å². The number of aliphatic hydroxyl groups is 1. The molecule has 0 bridgehead atoms. The number of thiazole rings is 1. The number of anilines is 1. The van der Waals surface area contributed by atoms with Crippen molar-refractivity contribution in [2.24, 2.45) is 0 Å². The number of ether oxygens (including phenoxy) is 1. The third-order valence-electron chi connectivity index (χ3n) is 3.42. The van der Waals surface area contributed by atoms with Gasteiger partial charge in [0.1, 0.15) is 0 Å². The smallest absolute Gasteiger partial charge is 0.184 e. The zero-order valence-electron chi connectivity index (χ0n) is 10.1. The van der Waals surface area contributed by atoms with Crippen molar-refractivity contribution < 1.29 is 9.84 Å². The van der Waals surface area contributed by atoms with E-state index >= 15 is 0 Å². The van der Waals surface area contributed by atoms with Crippen LogP contribution in [0.4, 0.5) is 5.13 Å². The third kappa shape index (κ3) is 2.21. The van der Waals surface area contributed by atoms with Gasteiger partial charge in [0, 0.05) is 13.2 Å². The minimum Gasteiger partial charge on any atom is -0.394 e. The van der Waals surface area contributed by atoms with Crippen LogP contribution in [0.25, 0.3) is 10.2 Å². The topological polar surface area (TPSA) is 54.4 Å². The maximum absolute atomic E-state index is 9.64. The van der Waals surface area contributed by atoms with Crippen LogP contribution < -0.4 is 5.32 Å². The summed E-state index contributed by atoms with van der Waals surface area (Å²) in [5.41, 5.74) is 0.733. The van der Waals surface area contributed by atoms with Crippen LogP contribution in [0.2, 0.25) is 0 Å². The second kappa shape index (κ2) is 4.84. The van der Waals surface area contributed by atoms with Gasteiger partial charge in [0.25, 0.3) is 0 Å². The van der Waals surface area contributed by atoms with Crippen LogP contribution in [0.15, 0.2) is 24.3 Å². The Morgan fingerprint density at radius 1 is 1.33 bits per heavy atom. The van der Waals surface area contributed by atoms with Gasteiger partial charge in [0.05, 0.1) is 22.4 Å². The first-order valence-corrected chi connectivity index (χ1v) is 6.95. The molecule has 0 amide bonds. The number of fused-ring (bicyclic) bond motifs is 1. The quantitative estimate of drug-likeness (QED) is 0.892. The Morgan fingerprint density at radius 2 is 2.11 bits per heavy atom. The fourth-order valence-corrected chi connectivity index (χ4v) is 3.22. The summed E-state index contributed by atoms with van der Waals surface area (Å²) in [5, 5.41) is 13.9. The molecular formula is C13H16N2O2S. The molecule has 4 nitrogen and oxygen atoms in total. The second-order valence-electron chi connectivity index (χ2n) is 4.66. The Morgan fingerprint density at radius 3 is 2.83 bits per heavy atom. The first-order chi connectivity index (χ1) is 8.81. The van der Waals surface area contributed by atoms with Crippen molar-refractivity contribution in [1.29, 1.82) is 0 Å². The van der Waals surface area contributed by atoms with Gasteiger partial charge < -0.3 is 15.2 Å². The van der Waals surface area contributed by atoms with E-state index < -0.39 is 0 Å². The second-order valence-corrected chi connectivity index (χ2v) is 5.69. The molecular weight excluding hydrogens is 248 g/mol. The first-order valence-electron chi connectivity index (χ1n) is 6.14. The molecule has 1 aromatic carbocycles. The van der Waals surface area contributed by atoms with Crippen molar-refractivity contribution in [3.8, 4) is 0 Å². The lowest BCUT2D eigenvalue weighted by Gasteiger charge is -2.36. The zero-order valence-corrected chi connectivity index (χ0v) is 10.9. The molecule has 18 heavy (non-hydrogen) atoms. The summed E-state index contributed by atoms with van der Waals surface area (Å²) in [6.45, 7) is 1.50. The number of rotatable bonds is 3. The standard InChI is InChI=1S/C13H16N2O2S/c16-9-13(5-7-17-8-6-13)15-12-14-10-3-1-2-4-11(10)18-12/h1-4,16H,5-9H2,(H,14,15). The van der Waals surface area contributed by atoms with Gasteiger partial charge in [-0.25, -0.2) is 4.98 Å². The number of para-hydroxylation sites is 1. The lowest BCUT2D eigenvalue weighted by molar-refractivity contribution is 0.0380. The Balaban J connectivity index is 1.85. The average Bonchev–Trinajstić information content (AvgIpc) is 2.81. The molecule has 2 aromatic rings. The molecule has 1 saturated heterocycles. The van der Waals surface area contributed by atoms with Gasteiger partial charge in [-0.15, -0.1) is 0 Å². The number of benzene rings is 1. The van der Waals surface area contributed by atoms with Gasteiger partial charge in [-0.05, 0) is 25.0 Å². The highest BCUT2D eigenvalue weighted by atomic mass is 32.1.